The van der Waals surface area contributed by atoms with Gasteiger partial charge in [0.1, 0.15) is 11.5 Å². The second kappa shape index (κ2) is 6.39. The van der Waals surface area contributed by atoms with Crippen molar-refractivity contribution in [2.24, 2.45) is 0 Å². The smallest absolute Gasteiger partial charge is 0.138 e. The number of hydrogen-bond acceptors (Lipinski definition) is 4. The standard InChI is InChI=1S/C16H20N2O2/c1-11-7-8-16(19)15(18-11)10-17-12(2)13-5-4-6-14(9-13)20-3/h4-9,12,17,19H,10H2,1-3H3/t12-/m1/s1. The van der Waals surface area contributed by atoms with Crippen molar-refractivity contribution in [1.82, 2.24) is 10.3 Å². The lowest BCUT2D eigenvalue weighted by Gasteiger charge is -2.15. The van der Waals surface area contributed by atoms with Crippen molar-refractivity contribution in [3.05, 3.63) is 53.3 Å². The summed E-state index contributed by atoms with van der Waals surface area (Å²) in [5.74, 6) is 1.06. The van der Waals surface area contributed by atoms with Gasteiger partial charge in [-0.2, -0.15) is 0 Å². The number of ether oxygens (including phenoxy) is 1. The molecule has 0 saturated heterocycles. The molecule has 2 N–H and O–H groups in total. The van der Waals surface area contributed by atoms with E-state index in [1.807, 2.05) is 31.2 Å². The molecule has 1 aromatic heterocycles. The molecule has 1 atom stereocenters. The number of methoxy groups -OCH3 is 1. The first-order valence-electron chi connectivity index (χ1n) is 6.63. The number of nitrogens with one attached hydrogen (secondary N) is 1. The van der Waals surface area contributed by atoms with Gasteiger partial charge in [-0.15, -0.1) is 0 Å². The van der Waals surface area contributed by atoms with E-state index in [9.17, 15) is 5.11 Å². The summed E-state index contributed by atoms with van der Waals surface area (Å²) < 4.78 is 5.22. The number of hydrogen-bond donors (Lipinski definition) is 2. The summed E-state index contributed by atoms with van der Waals surface area (Å²) in [5.41, 5.74) is 2.70. The van der Waals surface area contributed by atoms with Crippen LogP contribution in [0.3, 0.4) is 0 Å². The molecule has 2 aromatic rings. The summed E-state index contributed by atoms with van der Waals surface area (Å²) >= 11 is 0. The molecule has 0 amide bonds. The van der Waals surface area contributed by atoms with E-state index in [-0.39, 0.29) is 11.8 Å². The predicted molar refractivity (Wildman–Crippen MR) is 78.9 cm³/mol. The van der Waals surface area contributed by atoms with Crippen molar-refractivity contribution in [2.75, 3.05) is 7.11 Å². The van der Waals surface area contributed by atoms with Gasteiger partial charge in [0.2, 0.25) is 0 Å². The van der Waals surface area contributed by atoms with Crippen molar-refractivity contribution in [3.63, 3.8) is 0 Å². The third kappa shape index (κ3) is 3.48. The monoisotopic (exact) mass is 272 g/mol. The van der Waals surface area contributed by atoms with Crippen LogP contribution in [0.1, 0.15) is 29.9 Å². The van der Waals surface area contributed by atoms with Crippen LogP contribution in [0, 0.1) is 6.92 Å². The molecule has 0 bridgehead atoms. The van der Waals surface area contributed by atoms with Crippen LogP contribution in [0.15, 0.2) is 36.4 Å². The van der Waals surface area contributed by atoms with Gasteiger partial charge in [0.15, 0.2) is 0 Å². The summed E-state index contributed by atoms with van der Waals surface area (Å²) in [4.78, 5) is 4.33. The molecule has 1 heterocycles. The van der Waals surface area contributed by atoms with E-state index >= 15 is 0 Å². The van der Waals surface area contributed by atoms with Gasteiger partial charge in [-0.05, 0) is 43.7 Å². The highest BCUT2D eigenvalue weighted by atomic mass is 16.5. The first-order valence-corrected chi connectivity index (χ1v) is 6.63. The Morgan fingerprint density at radius 2 is 2.10 bits per heavy atom. The molecule has 0 aliphatic carbocycles. The minimum Gasteiger partial charge on any atom is -0.506 e. The Labute approximate surface area is 119 Å². The van der Waals surface area contributed by atoms with Crippen LogP contribution in [0.2, 0.25) is 0 Å². The zero-order chi connectivity index (χ0) is 14.5. The quantitative estimate of drug-likeness (QED) is 0.878. The lowest BCUT2D eigenvalue weighted by Crippen LogP contribution is -2.19. The number of pyridine rings is 1. The van der Waals surface area contributed by atoms with E-state index in [1.54, 1.807) is 19.2 Å². The average Bonchev–Trinajstić information content (AvgIpc) is 2.48. The molecule has 106 valence electrons. The van der Waals surface area contributed by atoms with Gasteiger partial charge in [-0.25, -0.2) is 0 Å². The van der Waals surface area contributed by atoms with Crippen molar-refractivity contribution >= 4 is 0 Å². The van der Waals surface area contributed by atoms with E-state index in [4.69, 9.17) is 4.74 Å². The minimum atomic E-state index is 0.145. The molecule has 0 radical (unpaired) electrons. The Kier molecular flexibility index (Phi) is 4.58. The van der Waals surface area contributed by atoms with Gasteiger partial charge in [0, 0.05) is 18.3 Å². The summed E-state index contributed by atoms with van der Waals surface area (Å²) in [6.07, 6.45) is 0. The highest BCUT2D eigenvalue weighted by Crippen LogP contribution is 2.20. The van der Waals surface area contributed by atoms with Gasteiger partial charge in [0.05, 0.1) is 12.8 Å². The Bertz CT molecular complexity index is 584. The van der Waals surface area contributed by atoms with Crippen LogP contribution >= 0.6 is 0 Å². The molecule has 0 aliphatic heterocycles. The molecule has 0 saturated carbocycles. The zero-order valence-corrected chi connectivity index (χ0v) is 12.1. The number of rotatable bonds is 5. The van der Waals surface area contributed by atoms with Crippen LogP contribution in [-0.2, 0) is 6.54 Å². The van der Waals surface area contributed by atoms with E-state index in [1.165, 1.54) is 0 Å². The van der Waals surface area contributed by atoms with Crippen molar-refractivity contribution < 1.29 is 9.84 Å². The Balaban J connectivity index is 2.04. The average molecular weight is 272 g/mol. The van der Waals surface area contributed by atoms with Gasteiger partial charge in [-0.1, -0.05) is 12.1 Å². The lowest BCUT2D eigenvalue weighted by molar-refractivity contribution is 0.413. The maximum absolute atomic E-state index is 9.78. The molecule has 1 aromatic carbocycles. The summed E-state index contributed by atoms with van der Waals surface area (Å²) in [6, 6.07) is 11.6. The molecule has 0 aliphatic rings. The van der Waals surface area contributed by atoms with Crippen molar-refractivity contribution in [3.8, 4) is 11.5 Å². The molecule has 20 heavy (non-hydrogen) atoms. The first-order chi connectivity index (χ1) is 9.60. The van der Waals surface area contributed by atoms with Crippen LogP contribution in [0.4, 0.5) is 0 Å². The van der Waals surface area contributed by atoms with Crippen LogP contribution in [-0.4, -0.2) is 17.2 Å². The number of benzene rings is 1. The minimum absolute atomic E-state index is 0.145. The molecule has 4 heteroatoms. The zero-order valence-electron chi connectivity index (χ0n) is 12.1. The van der Waals surface area contributed by atoms with Gasteiger partial charge in [-0.3, -0.25) is 4.98 Å². The lowest BCUT2D eigenvalue weighted by atomic mass is 10.1. The Hall–Kier alpha value is -2.07. The van der Waals surface area contributed by atoms with Crippen LogP contribution in [0.25, 0.3) is 0 Å². The number of aromatic nitrogens is 1. The van der Waals surface area contributed by atoms with Gasteiger partial charge in [0.25, 0.3) is 0 Å². The maximum Gasteiger partial charge on any atom is 0.138 e. The first kappa shape index (κ1) is 14.3. The molecule has 0 spiro atoms. The number of aromatic hydroxyl groups is 1. The van der Waals surface area contributed by atoms with Gasteiger partial charge >= 0.3 is 0 Å². The normalized spacial score (nSPS) is 12.2. The third-order valence-corrected chi connectivity index (χ3v) is 3.26. The molecule has 0 fully saturated rings. The molecule has 0 unspecified atom stereocenters. The summed E-state index contributed by atoms with van der Waals surface area (Å²) in [5, 5.41) is 13.1. The number of nitrogens with zero attached hydrogens (tertiary/aromatic N) is 1. The fourth-order valence-corrected chi connectivity index (χ4v) is 2.01. The fourth-order valence-electron chi connectivity index (χ4n) is 2.01. The SMILES string of the molecule is COc1cccc([C@@H](C)NCc2nc(C)ccc2O)c1. The highest BCUT2D eigenvalue weighted by molar-refractivity contribution is 5.31. The molecular weight excluding hydrogens is 252 g/mol. The number of aryl methyl sites for hydroxylation is 1. The van der Waals surface area contributed by atoms with Crippen molar-refractivity contribution in [2.45, 2.75) is 26.4 Å². The maximum atomic E-state index is 9.78. The van der Waals surface area contributed by atoms with Crippen molar-refractivity contribution in [1.29, 1.82) is 0 Å². The topological polar surface area (TPSA) is 54.4 Å². The Morgan fingerprint density at radius 3 is 2.85 bits per heavy atom. The largest absolute Gasteiger partial charge is 0.506 e. The highest BCUT2D eigenvalue weighted by Gasteiger charge is 2.08. The van der Waals surface area contributed by atoms with E-state index < -0.39 is 0 Å². The van der Waals surface area contributed by atoms with Crippen LogP contribution in [0.5, 0.6) is 11.5 Å². The third-order valence-electron chi connectivity index (χ3n) is 3.26. The van der Waals surface area contributed by atoms with Crippen LogP contribution < -0.4 is 10.1 Å². The second-order valence-corrected chi connectivity index (χ2v) is 4.80. The fraction of sp³-hybridized carbons (Fsp3) is 0.312. The van der Waals surface area contributed by atoms with E-state index in [0.29, 0.717) is 12.2 Å². The predicted octanol–water partition coefficient (Wildman–Crippen LogP) is 2.96. The summed E-state index contributed by atoms with van der Waals surface area (Å²) in [6.45, 7) is 4.50. The second-order valence-electron chi connectivity index (χ2n) is 4.80. The molecule has 2 rings (SSSR count). The summed E-state index contributed by atoms with van der Waals surface area (Å²) in [7, 11) is 1.66. The van der Waals surface area contributed by atoms with E-state index in [2.05, 4.69) is 17.2 Å². The molecular formula is C16H20N2O2. The van der Waals surface area contributed by atoms with E-state index in [0.717, 1.165) is 17.0 Å². The molecule has 4 nitrogen and oxygen atoms in total. The van der Waals surface area contributed by atoms with Gasteiger partial charge < -0.3 is 15.2 Å². The Morgan fingerprint density at radius 1 is 1.30 bits per heavy atom.